The van der Waals surface area contributed by atoms with Crippen molar-refractivity contribution < 1.29 is 4.79 Å². The van der Waals surface area contributed by atoms with Gasteiger partial charge in [-0.1, -0.05) is 24.3 Å². The van der Waals surface area contributed by atoms with Crippen molar-refractivity contribution in [1.29, 1.82) is 0 Å². The molecule has 1 aromatic rings. The van der Waals surface area contributed by atoms with E-state index in [0.29, 0.717) is 18.2 Å². The van der Waals surface area contributed by atoms with Crippen LogP contribution >= 0.6 is 0 Å². The van der Waals surface area contributed by atoms with Crippen molar-refractivity contribution in [3.8, 4) is 0 Å². The second kappa shape index (κ2) is 4.22. The molecule has 2 aliphatic heterocycles. The molecule has 3 aliphatic rings. The average molecular weight is 253 g/mol. The molecule has 2 nitrogen and oxygen atoms in total. The highest BCUT2D eigenvalue weighted by atomic mass is 16.1. The molecule has 0 saturated heterocycles. The lowest BCUT2D eigenvalue weighted by atomic mass is 9.80. The third kappa shape index (κ3) is 1.66. The van der Waals surface area contributed by atoms with Gasteiger partial charge in [-0.15, -0.1) is 0 Å². The van der Waals surface area contributed by atoms with Crippen molar-refractivity contribution in [2.24, 2.45) is 0 Å². The summed E-state index contributed by atoms with van der Waals surface area (Å²) in [5.74, 6) is 0.410. The van der Waals surface area contributed by atoms with Crippen LogP contribution in [-0.4, -0.2) is 17.2 Å². The summed E-state index contributed by atoms with van der Waals surface area (Å²) in [7, 11) is 0. The van der Waals surface area contributed by atoms with Gasteiger partial charge >= 0.3 is 0 Å². The van der Waals surface area contributed by atoms with E-state index in [9.17, 15) is 4.79 Å². The van der Waals surface area contributed by atoms with Crippen LogP contribution in [0.4, 0.5) is 0 Å². The van der Waals surface area contributed by atoms with Crippen molar-refractivity contribution in [2.45, 2.75) is 44.6 Å². The zero-order valence-electron chi connectivity index (χ0n) is 11.2. The molecule has 1 aromatic carbocycles. The summed E-state index contributed by atoms with van der Waals surface area (Å²) in [5, 5.41) is 0. The van der Waals surface area contributed by atoms with E-state index in [-0.39, 0.29) is 0 Å². The first-order chi connectivity index (χ1) is 9.34. The van der Waals surface area contributed by atoms with Crippen LogP contribution in [0, 0.1) is 0 Å². The highest BCUT2D eigenvalue weighted by molar-refractivity contribution is 5.97. The highest BCUT2D eigenvalue weighted by Crippen LogP contribution is 2.43. The summed E-state index contributed by atoms with van der Waals surface area (Å²) in [5.41, 5.74) is 5.36. The molecule has 98 valence electrons. The highest BCUT2D eigenvalue weighted by Gasteiger charge is 2.37. The molecule has 0 spiro atoms. The summed E-state index contributed by atoms with van der Waals surface area (Å²) < 4.78 is 0. The van der Waals surface area contributed by atoms with Crippen LogP contribution < -0.4 is 0 Å². The summed E-state index contributed by atoms with van der Waals surface area (Å²) in [4.78, 5) is 14.9. The van der Waals surface area contributed by atoms with E-state index in [0.717, 1.165) is 31.4 Å². The first kappa shape index (κ1) is 11.3. The summed E-state index contributed by atoms with van der Waals surface area (Å²) in [6.45, 7) is 1.09. The van der Waals surface area contributed by atoms with Crippen molar-refractivity contribution in [3.05, 3.63) is 46.7 Å². The molecular formula is C17H19NO. The van der Waals surface area contributed by atoms with Crippen molar-refractivity contribution in [3.63, 3.8) is 0 Å². The van der Waals surface area contributed by atoms with E-state index < -0.39 is 0 Å². The van der Waals surface area contributed by atoms with Crippen molar-refractivity contribution in [1.82, 2.24) is 4.90 Å². The van der Waals surface area contributed by atoms with Crippen molar-refractivity contribution in [2.75, 3.05) is 6.54 Å². The normalized spacial score (nSPS) is 25.8. The third-order valence-electron chi connectivity index (χ3n) is 4.91. The molecule has 0 saturated carbocycles. The van der Waals surface area contributed by atoms with Gasteiger partial charge in [-0.3, -0.25) is 4.79 Å². The number of carbonyl (C=O) groups is 1. The monoisotopic (exact) mass is 253 g/mol. The number of ketones is 1. The van der Waals surface area contributed by atoms with Crippen LogP contribution in [-0.2, 0) is 11.2 Å². The number of fused-ring (bicyclic) bond motifs is 4. The van der Waals surface area contributed by atoms with Gasteiger partial charge in [0.05, 0.1) is 6.04 Å². The molecule has 4 rings (SSSR count). The second-order valence-corrected chi connectivity index (χ2v) is 5.92. The molecule has 2 heteroatoms. The first-order valence-electron chi connectivity index (χ1n) is 7.44. The molecule has 0 radical (unpaired) electrons. The van der Waals surface area contributed by atoms with E-state index >= 15 is 0 Å². The van der Waals surface area contributed by atoms with Crippen LogP contribution in [0.5, 0.6) is 0 Å². The first-order valence-corrected chi connectivity index (χ1v) is 7.44. The predicted octanol–water partition coefficient (Wildman–Crippen LogP) is 3.39. The van der Waals surface area contributed by atoms with E-state index in [1.54, 1.807) is 0 Å². The lowest BCUT2D eigenvalue weighted by Gasteiger charge is -2.45. The van der Waals surface area contributed by atoms with E-state index in [1.165, 1.54) is 29.7 Å². The second-order valence-electron chi connectivity index (χ2n) is 5.92. The van der Waals surface area contributed by atoms with Gasteiger partial charge in [-0.25, -0.2) is 0 Å². The quantitative estimate of drug-likeness (QED) is 0.706. The van der Waals surface area contributed by atoms with Gasteiger partial charge in [0, 0.05) is 24.2 Å². The van der Waals surface area contributed by atoms with Gasteiger partial charge in [0.2, 0.25) is 0 Å². The molecule has 0 amide bonds. The fraction of sp³-hybridized carbons (Fsp3) is 0.471. The standard InChI is InChI=1S/C17H19NO/c19-17-11-16-13-6-2-1-5-12(13)9-10-18(16)15-8-4-3-7-14(15)17/h1-2,5-6,16H,3-4,7-11H2/t16-/m1/s1. The number of allylic oxidation sites excluding steroid dienone is 2. The number of hydrogen-bond acceptors (Lipinski definition) is 2. The summed E-state index contributed by atoms with van der Waals surface area (Å²) in [6.07, 6.45) is 6.38. The maximum absolute atomic E-state index is 12.4. The molecule has 0 bridgehead atoms. The number of hydrogen-bond donors (Lipinski definition) is 0. The maximum atomic E-state index is 12.4. The smallest absolute Gasteiger partial charge is 0.162 e. The number of benzene rings is 1. The lowest BCUT2D eigenvalue weighted by Crippen LogP contribution is -2.41. The Bertz CT molecular complexity index is 572. The molecule has 1 aliphatic carbocycles. The number of carbonyl (C=O) groups excluding carboxylic acids is 1. The van der Waals surface area contributed by atoms with Crippen LogP contribution in [0.1, 0.15) is 49.3 Å². The van der Waals surface area contributed by atoms with Crippen LogP contribution in [0.2, 0.25) is 0 Å². The molecule has 19 heavy (non-hydrogen) atoms. The van der Waals surface area contributed by atoms with Gasteiger partial charge in [0.15, 0.2) is 5.78 Å². The van der Waals surface area contributed by atoms with Gasteiger partial charge in [-0.2, -0.15) is 0 Å². The van der Waals surface area contributed by atoms with Gasteiger partial charge in [-0.05, 0) is 43.2 Å². The minimum absolute atomic E-state index is 0.314. The molecule has 0 fully saturated rings. The Morgan fingerprint density at radius 1 is 1.05 bits per heavy atom. The Kier molecular flexibility index (Phi) is 2.51. The third-order valence-corrected chi connectivity index (χ3v) is 4.91. The molecular weight excluding hydrogens is 234 g/mol. The van der Waals surface area contributed by atoms with Crippen LogP contribution in [0.3, 0.4) is 0 Å². The van der Waals surface area contributed by atoms with E-state index in [1.807, 2.05) is 0 Å². The number of Topliss-reactive ketones (excluding diaryl/α,β-unsaturated/α-hetero) is 1. The fourth-order valence-electron chi connectivity index (χ4n) is 4.00. The lowest BCUT2D eigenvalue weighted by molar-refractivity contribution is -0.118. The van der Waals surface area contributed by atoms with Crippen LogP contribution in [0.25, 0.3) is 0 Å². The molecule has 2 heterocycles. The Balaban J connectivity index is 1.81. The Hall–Kier alpha value is -1.57. The number of nitrogens with zero attached hydrogens (tertiary/aromatic N) is 1. The minimum Gasteiger partial charge on any atom is -0.367 e. The molecule has 1 atom stereocenters. The SMILES string of the molecule is O=C1C[C@@H]2c3ccccc3CCN2C2=C1CCCC2. The van der Waals surface area contributed by atoms with E-state index in [4.69, 9.17) is 0 Å². The average Bonchev–Trinajstić information content (AvgIpc) is 2.47. The largest absolute Gasteiger partial charge is 0.367 e. The fourth-order valence-corrected chi connectivity index (χ4v) is 4.00. The van der Waals surface area contributed by atoms with Crippen LogP contribution in [0.15, 0.2) is 35.5 Å². The minimum atomic E-state index is 0.314. The zero-order chi connectivity index (χ0) is 12.8. The maximum Gasteiger partial charge on any atom is 0.162 e. The molecule has 0 unspecified atom stereocenters. The Morgan fingerprint density at radius 3 is 2.84 bits per heavy atom. The van der Waals surface area contributed by atoms with Crippen molar-refractivity contribution >= 4 is 5.78 Å². The topological polar surface area (TPSA) is 20.3 Å². The number of rotatable bonds is 0. The zero-order valence-corrected chi connectivity index (χ0v) is 11.2. The molecule has 0 N–H and O–H groups in total. The predicted molar refractivity (Wildman–Crippen MR) is 74.7 cm³/mol. The Morgan fingerprint density at radius 2 is 1.89 bits per heavy atom. The van der Waals surface area contributed by atoms with Gasteiger partial charge in [0.1, 0.15) is 0 Å². The summed E-state index contributed by atoms with van der Waals surface area (Å²) in [6, 6.07) is 8.98. The molecule has 0 aromatic heterocycles. The Labute approximate surface area is 114 Å². The van der Waals surface area contributed by atoms with E-state index in [2.05, 4.69) is 29.2 Å². The van der Waals surface area contributed by atoms with Gasteiger partial charge < -0.3 is 4.90 Å². The summed E-state index contributed by atoms with van der Waals surface area (Å²) >= 11 is 0. The van der Waals surface area contributed by atoms with Gasteiger partial charge in [0.25, 0.3) is 0 Å².